The van der Waals surface area contributed by atoms with Crippen LogP contribution in [0.25, 0.3) is 0 Å². The van der Waals surface area contributed by atoms with Crippen LogP contribution in [0.4, 0.5) is 0 Å². The highest BCUT2D eigenvalue weighted by Gasteiger charge is 2.31. The number of rotatable bonds is 10. The van der Waals surface area contributed by atoms with E-state index in [-0.39, 0.29) is 0 Å². The summed E-state index contributed by atoms with van der Waals surface area (Å²) in [5, 5.41) is 12.7. The lowest BCUT2D eigenvalue weighted by atomic mass is 9.83. The molecule has 2 N–H and O–H groups in total. The van der Waals surface area contributed by atoms with Crippen molar-refractivity contribution < 1.29 is 5.11 Å². The highest BCUT2D eigenvalue weighted by atomic mass is 16.3. The third-order valence-corrected chi connectivity index (χ3v) is 4.57. The first-order valence-electron chi connectivity index (χ1n) is 8.09. The van der Waals surface area contributed by atoms with Crippen molar-refractivity contribution in [2.45, 2.75) is 71.9 Å². The summed E-state index contributed by atoms with van der Waals surface area (Å²) in [7, 11) is 0. The van der Waals surface area contributed by atoms with Gasteiger partial charge in [0.05, 0.1) is 0 Å². The molecular weight excluding hydrogens is 236 g/mol. The Balaban J connectivity index is 2.51. The summed E-state index contributed by atoms with van der Waals surface area (Å²) in [6.07, 6.45) is 6.20. The lowest BCUT2D eigenvalue weighted by Gasteiger charge is -2.43. The molecule has 1 unspecified atom stereocenters. The molecule has 1 atom stereocenters. The van der Waals surface area contributed by atoms with Crippen LogP contribution in [0, 0.1) is 5.41 Å². The summed E-state index contributed by atoms with van der Waals surface area (Å²) in [5.74, 6) is 0. The summed E-state index contributed by atoms with van der Waals surface area (Å²) >= 11 is 0. The van der Waals surface area contributed by atoms with E-state index in [2.05, 4.69) is 37.9 Å². The average Bonchev–Trinajstić information content (AvgIpc) is 2.31. The number of hydrogen-bond donors (Lipinski definition) is 2. The molecule has 0 bridgehead atoms. The Morgan fingerprint density at radius 2 is 2.05 bits per heavy atom. The Hall–Kier alpha value is -0.120. The van der Waals surface area contributed by atoms with Crippen molar-refractivity contribution in [3.8, 4) is 0 Å². The van der Waals surface area contributed by atoms with Gasteiger partial charge in [0.1, 0.15) is 0 Å². The minimum absolute atomic E-state index is 0.316. The lowest BCUT2D eigenvalue weighted by Crippen LogP contribution is -2.49. The fourth-order valence-corrected chi connectivity index (χ4v) is 2.65. The fourth-order valence-electron chi connectivity index (χ4n) is 2.65. The lowest BCUT2D eigenvalue weighted by molar-refractivity contribution is 0.0657. The minimum atomic E-state index is 0.316. The molecule has 0 aliphatic heterocycles. The van der Waals surface area contributed by atoms with Gasteiger partial charge in [-0.3, -0.25) is 4.90 Å². The molecule has 0 saturated heterocycles. The van der Waals surface area contributed by atoms with Gasteiger partial charge in [0.15, 0.2) is 0 Å². The summed E-state index contributed by atoms with van der Waals surface area (Å²) in [6, 6.07) is 1.33. The first kappa shape index (κ1) is 16.9. The zero-order valence-corrected chi connectivity index (χ0v) is 13.4. The van der Waals surface area contributed by atoms with Gasteiger partial charge in [0.2, 0.25) is 0 Å². The summed E-state index contributed by atoms with van der Waals surface area (Å²) < 4.78 is 0. The largest absolute Gasteiger partial charge is 0.396 e. The predicted molar refractivity (Wildman–Crippen MR) is 82.5 cm³/mol. The van der Waals surface area contributed by atoms with Gasteiger partial charge in [-0.05, 0) is 31.1 Å². The van der Waals surface area contributed by atoms with Crippen molar-refractivity contribution in [2.75, 3.05) is 26.2 Å². The van der Waals surface area contributed by atoms with Crippen LogP contribution in [-0.4, -0.2) is 48.3 Å². The van der Waals surface area contributed by atoms with Crippen LogP contribution >= 0.6 is 0 Å². The molecule has 114 valence electrons. The van der Waals surface area contributed by atoms with E-state index in [0.717, 1.165) is 32.1 Å². The molecule has 3 heteroatoms. The zero-order valence-electron chi connectivity index (χ0n) is 13.4. The molecule has 0 aromatic heterocycles. The first-order chi connectivity index (χ1) is 9.00. The Morgan fingerprint density at radius 3 is 2.47 bits per heavy atom. The van der Waals surface area contributed by atoms with Crippen LogP contribution in [0.3, 0.4) is 0 Å². The van der Waals surface area contributed by atoms with Crippen LogP contribution in [0.15, 0.2) is 0 Å². The monoisotopic (exact) mass is 270 g/mol. The number of hydrogen-bond acceptors (Lipinski definition) is 3. The van der Waals surface area contributed by atoms with E-state index in [1.54, 1.807) is 0 Å². The fraction of sp³-hybridized carbons (Fsp3) is 1.00. The number of aliphatic hydroxyl groups excluding tert-OH is 1. The van der Waals surface area contributed by atoms with E-state index in [0.29, 0.717) is 18.1 Å². The molecule has 19 heavy (non-hydrogen) atoms. The van der Waals surface area contributed by atoms with E-state index in [9.17, 15) is 0 Å². The van der Waals surface area contributed by atoms with Gasteiger partial charge in [-0.2, -0.15) is 0 Å². The first-order valence-corrected chi connectivity index (χ1v) is 8.09. The number of nitrogens with one attached hydrogen (secondary N) is 1. The summed E-state index contributed by atoms with van der Waals surface area (Å²) in [4.78, 5) is 2.63. The van der Waals surface area contributed by atoms with Crippen LogP contribution in [0.2, 0.25) is 0 Å². The molecule has 0 aromatic carbocycles. The summed E-state index contributed by atoms with van der Waals surface area (Å²) in [5.41, 5.74) is 0.343. The van der Waals surface area contributed by atoms with Crippen LogP contribution in [0.5, 0.6) is 0 Å². The van der Waals surface area contributed by atoms with Crippen LogP contribution in [0.1, 0.15) is 59.8 Å². The molecule has 1 rings (SSSR count). The highest BCUT2D eigenvalue weighted by Crippen LogP contribution is 2.30. The van der Waals surface area contributed by atoms with E-state index in [1.165, 1.54) is 25.7 Å². The van der Waals surface area contributed by atoms with Crippen molar-refractivity contribution in [1.82, 2.24) is 10.2 Å². The van der Waals surface area contributed by atoms with Crippen LogP contribution < -0.4 is 5.32 Å². The second-order valence-corrected chi connectivity index (χ2v) is 6.83. The third-order valence-electron chi connectivity index (χ3n) is 4.57. The maximum Gasteiger partial charge on any atom is 0.0443 e. The predicted octanol–water partition coefficient (Wildman–Crippen LogP) is 2.64. The molecule has 3 nitrogen and oxygen atoms in total. The molecule has 0 aromatic rings. The topological polar surface area (TPSA) is 35.5 Å². The Bertz CT molecular complexity index is 241. The normalized spacial score (nSPS) is 19.7. The van der Waals surface area contributed by atoms with Crippen molar-refractivity contribution in [1.29, 1.82) is 0 Å². The zero-order chi connectivity index (χ0) is 14.3. The van der Waals surface area contributed by atoms with Gasteiger partial charge in [-0.25, -0.2) is 0 Å². The van der Waals surface area contributed by atoms with E-state index >= 15 is 0 Å². The minimum Gasteiger partial charge on any atom is -0.396 e. The Kier molecular flexibility index (Phi) is 7.33. The average molecular weight is 270 g/mol. The van der Waals surface area contributed by atoms with Crippen molar-refractivity contribution in [3.63, 3.8) is 0 Å². The Morgan fingerprint density at radius 1 is 1.37 bits per heavy atom. The smallest absolute Gasteiger partial charge is 0.0443 e. The highest BCUT2D eigenvalue weighted by molar-refractivity contribution is 4.86. The van der Waals surface area contributed by atoms with Gasteiger partial charge in [0, 0.05) is 38.3 Å². The molecule has 1 aliphatic carbocycles. The third kappa shape index (κ3) is 5.80. The van der Waals surface area contributed by atoms with E-state index in [4.69, 9.17) is 5.11 Å². The molecular formula is C16H34N2O. The molecule has 0 heterocycles. The second kappa shape index (κ2) is 8.23. The molecule has 0 radical (unpaired) electrons. The van der Waals surface area contributed by atoms with Gasteiger partial charge in [0.25, 0.3) is 0 Å². The summed E-state index contributed by atoms with van der Waals surface area (Å²) in [6.45, 7) is 12.7. The van der Waals surface area contributed by atoms with Crippen molar-refractivity contribution in [2.24, 2.45) is 5.41 Å². The Labute approximate surface area is 119 Å². The molecule has 0 amide bonds. The van der Waals surface area contributed by atoms with E-state index in [1.807, 2.05) is 0 Å². The van der Waals surface area contributed by atoms with Gasteiger partial charge < -0.3 is 10.4 Å². The molecule has 1 saturated carbocycles. The molecule has 0 spiro atoms. The van der Waals surface area contributed by atoms with Gasteiger partial charge in [-0.15, -0.1) is 0 Å². The van der Waals surface area contributed by atoms with E-state index < -0.39 is 0 Å². The standard InChI is InChI=1S/C16H34N2O/c1-5-16(4,12-17-14(2)3)13-18(10-7-11-19)15-8-6-9-15/h14-15,17,19H,5-13H2,1-4H3. The van der Waals surface area contributed by atoms with Crippen molar-refractivity contribution >= 4 is 0 Å². The van der Waals surface area contributed by atoms with Gasteiger partial charge in [-0.1, -0.05) is 34.1 Å². The maximum absolute atomic E-state index is 9.08. The quantitative estimate of drug-likeness (QED) is 0.640. The number of aliphatic hydroxyl groups is 1. The molecule has 1 aliphatic rings. The SMILES string of the molecule is CCC(C)(CNC(C)C)CN(CCCO)C1CCC1. The second-order valence-electron chi connectivity index (χ2n) is 6.83. The van der Waals surface area contributed by atoms with Gasteiger partial charge >= 0.3 is 0 Å². The van der Waals surface area contributed by atoms with Crippen LogP contribution in [-0.2, 0) is 0 Å². The molecule has 1 fully saturated rings. The number of nitrogens with zero attached hydrogens (tertiary/aromatic N) is 1. The maximum atomic E-state index is 9.08. The van der Waals surface area contributed by atoms with Crippen molar-refractivity contribution in [3.05, 3.63) is 0 Å².